The summed E-state index contributed by atoms with van der Waals surface area (Å²) in [5.74, 6) is -0.835. The Morgan fingerprint density at radius 3 is 2.22 bits per heavy atom. The van der Waals surface area contributed by atoms with Crippen LogP contribution in [-0.2, 0) is 9.63 Å². The predicted octanol–water partition coefficient (Wildman–Crippen LogP) is 3.59. The minimum atomic E-state index is -0.835. The summed E-state index contributed by atoms with van der Waals surface area (Å²) >= 11 is 0. The van der Waals surface area contributed by atoms with Crippen LogP contribution in [0.2, 0.25) is 0 Å². The molecule has 0 aliphatic carbocycles. The van der Waals surface area contributed by atoms with Gasteiger partial charge >= 0.3 is 5.97 Å². The molecular weight excluding hydrogens is 364 g/mol. The van der Waals surface area contributed by atoms with Crippen molar-refractivity contribution >= 4 is 24.1 Å². The molecular formula is C21H23ClN2O3. The van der Waals surface area contributed by atoms with Crippen molar-refractivity contribution in [2.24, 2.45) is 5.16 Å². The van der Waals surface area contributed by atoms with Crippen LogP contribution in [0.3, 0.4) is 0 Å². The average molecular weight is 387 g/mol. The first-order chi connectivity index (χ1) is 12.8. The molecule has 0 fully saturated rings. The summed E-state index contributed by atoms with van der Waals surface area (Å²) in [6.45, 7) is 1.56. The van der Waals surface area contributed by atoms with Crippen LogP contribution in [0.15, 0.2) is 78.0 Å². The zero-order chi connectivity index (χ0) is 18.2. The summed E-state index contributed by atoms with van der Waals surface area (Å²) in [7, 11) is 0. The first-order valence-corrected chi connectivity index (χ1v) is 8.70. The Hall–Kier alpha value is -2.63. The van der Waals surface area contributed by atoms with Crippen LogP contribution in [0.5, 0.6) is 0 Å². The van der Waals surface area contributed by atoms with Gasteiger partial charge in [-0.3, -0.25) is 9.69 Å². The van der Waals surface area contributed by atoms with Crippen molar-refractivity contribution < 1.29 is 14.7 Å². The summed E-state index contributed by atoms with van der Waals surface area (Å²) in [4.78, 5) is 18.8. The number of hydrogen-bond acceptors (Lipinski definition) is 4. The lowest BCUT2D eigenvalue weighted by Gasteiger charge is -2.28. The Kier molecular flexibility index (Phi) is 8.04. The largest absolute Gasteiger partial charge is 0.480 e. The maximum atomic E-state index is 11.3. The van der Waals surface area contributed by atoms with E-state index in [1.807, 2.05) is 71.6 Å². The number of benzene rings is 2. The van der Waals surface area contributed by atoms with Gasteiger partial charge in [-0.25, -0.2) is 0 Å². The Bertz CT molecular complexity index is 737. The van der Waals surface area contributed by atoms with Gasteiger partial charge in [-0.05, 0) is 6.42 Å². The second-order valence-electron chi connectivity index (χ2n) is 6.04. The molecule has 0 amide bonds. The Morgan fingerprint density at radius 1 is 1.07 bits per heavy atom. The third kappa shape index (κ3) is 5.67. The highest BCUT2D eigenvalue weighted by Gasteiger charge is 2.24. The quantitative estimate of drug-likeness (QED) is 0.342. The van der Waals surface area contributed by atoms with E-state index in [2.05, 4.69) is 5.16 Å². The standard InChI is InChI=1S/C21H22N2O3.ClH/c24-21(25)19-13-7-8-14-23(19)15-16-26-22-20(17-9-3-1-4-10-17)18-11-5-2-6-12-18;/h1-7,9-13,19H,8,14-16H2,(H,24,25);1H. The number of carboxylic acids is 1. The molecule has 5 nitrogen and oxygen atoms in total. The molecule has 0 bridgehead atoms. The van der Waals surface area contributed by atoms with Crippen LogP contribution >= 0.6 is 12.4 Å². The number of halogens is 1. The van der Waals surface area contributed by atoms with Crippen molar-refractivity contribution in [2.75, 3.05) is 19.7 Å². The molecule has 2 aromatic carbocycles. The maximum Gasteiger partial charge on any atom is 0.324 e. The van der Waals surface area contributed by atoms with E-state index in [4.69, 9.17) is 4.84 Å². The molecule has 0 saturated carbocycles. The normalized spacial score (nSPS) is 16.2. The van der Waals surface area contributed by atoms with Crippen LogP contribution in [-0.4, -0.2) is 47.4 Å². The molecule has 1 aliphatic rings. The van der Waals surface area contributed by atoms with Gasteiger partial charge in [-0.2, -0.15) is 0 Å². The van der Waals surface area contributed by atoms with Crippen molar-refractivity contribution in [2.45, 2.75) is 12.5 Å². The summed E-state index contributed by atoms with van der Waals surface area (Å²) in [5, 5.41) is 13.6. The number of oxime groups is 1. The van der Waals surface area contributed by atoms with Gasteiger partial charge in [0.1, 0.15) is 18.4 Å². The molecule has 0 aromatic heterocycles. The van der Waals surface area contributed by atoms with Crippen LogP contribution in [0.4, 0.5) is 0 Å². The summed E-state index contributed by atoms with van der Waals surface area (Å²) in [5.41, 5.74) is 2.71. The topological polar surface area (TPSA) is 62.1 Å². The average Bonchev–Trinajstić information content (AvgIpc) is 2.69. The van der Waals surface area contributed by atoms with Crippen LogP contribution in [0.25, 0.3) is 0 Å². The van der Waals surface area contributed by atoms with Crippen LogP contribution in [0, 0.1) is 0 Å². The Labute approximate surface area is 165 Å². The third-order valence-electron chi connectivity index (χ3n) is 4.27. The van der Waals surface area contributed by atoms with Crippen molar-refractivity contribution in [3.05, 3.63) is 83.9 Å². The predicted molar refractivity (Wildman–Crippen MR) is 108 cm³/mol. The fraction of sp³-hybridized carbons (Fsp3) is 0.238. The molecule has 1 heterocycles. The molecule has 0 radical (unpaired) electrons. The van der Waals surface area contributed by atoms with Gasteiger partial charge in [0.05, 0.1) is 0 Å². The van der Waals surface area contributed by atoms with E-state index in [0.29, 0.717) is 19.7 Å². The lowest BCUT2D eigenvalue weighted by Crippen LogP contribution is -2.43. The van der Waals surface area contributed by atoms with E-state index < -0.39 is 12.0 Å². The number of nitrogens with zero attached hydrogens (tertiary/aromatic N) is 2. The molecule has 1 atom stereocenters. The zero-order valence-corrected chi connectivity index (χ0v) is 15.7. The number of hydrogen-bond donors (Lipinski definition) is 1. The first-order valence-electron chi connectivity index (χ1n) is 8.70. The van der Waals surface area contributed by atoms with E-state index in [-0.39, 0.29) is 12.4 Å². The van der Waals surface area contributed by atoms with Gasteiger partial charge in [0.15, 0.2) is 0 Å². The molecule has 2 aromatic rings. The maximum absolute atomic E-state index is 11.3. The molecule has 1 aliphatic heterocycles. The third-order valence-corrected chi connectivity index (χ3v) is 4.27. The van der Waals surface area contributed by atoms with Gasteiger partial charge in [0.2, 0.25) is 0 Å². The van der Waals surface area contributed by atoms with E-state index in [0.717, 1.165) is 23.3 Å². The summed E-state index contributed by atoms with van der Waals surface area (Å²) in [6.07, 6.45) is 4.50. The van der Waals surface area contributed by atoms with Crippen LogP contribution in [0.1, 0.15) is 17.5 Å². The Morgan fingerprint density at radius 2 is 1.67 bits per heavy atom. The molecule has 0 spiro atoms. The number of carboxylic acid groups (broad SMARTS) is 1. The number of rotatable bonds is 7. The minimum absolute atomic E-state index is 0. The highest BCUT2D eigenvalue weighted by Crippen LogP contribution is 2.12. The minimum Gasteiger partial charge on any atom is -0.480 e. The van der Waals surface area contributed by atoms with E-state index in [9.17, 15) is 9.90 Å². The monoisotopic (exact) mass is 386 g/mol. The lowest BCUT2D eigenvalue weighted by atomic mass is 10.0. The van der Waals surface area contributed by atoms with Gasteiger partial charge in [-0.1, -0.05) is 78.0 Å². The molecule has 3 rings (SSSR count). The Balaban J connectivity index is 0.00000261. The molecule has 27 heavy (non-hydrogen) atoms. The van der Waals surface area contributed by atoms with E-state index in [1.165, 1.54) is 0 Å². The van der Waals surface area contributed by atoms with Crippen molar-refractivity contribution in [3.63, 3.8) is 0 Å². The van der Waals surface area contributed by atoms with Crippen molar-refractivity contribution in [1.29, 1.82) is 0 Å². The van der Waals surface area contributed by atoms with Gasteiger partial charge < -0.3 is 9.94 Å². The van der Waals surface area contributed by atoms with E-state index in [1.54, 1.807) is 6.08 Å². The molecule has 1 N–H and O–H groups in total. The highest BCUT2D eigenvalue weighted by molar-refractivity contribution is 6.12. The summed E-state index contributed by atoms with van der Waals surface area (Å²) < 4.78 is 0. The smallest absolute Gasteiger partial charge is 0.324 e. The van der Waals surface area contributed by atoms with E-state index >= 15 is 0 Å². The second-order valence-corrected chi connectivity index (χ2v) is 6.04. The molecule has 6 heteroatoms. The van der Waals surface area contributed by atoms with Crippen molar-refractivity contribution in [1.82, 2.24) is 4.90 Å². The second kappa shape index (κ2) is 10.5. The van der Waals surface area contributed by atoms with Gasteiger partial charge in [0, 0.05) is 24.2 Å². The number of aliphatic carboxylic acids is 1. The summed E-state index contributed by atoms with van der Waals surface area (Å²) in [6, 6.07) is 19.2. The van der Waals surface area contributed by atoms with Crippen molar-refractivity contribution in [3.8, 4) is 0 Å². The van der Waals surface area contributed by atoms with Crippen LogP contribution < -0.4 is 0 Å². The zero-order valence-electron chi connectivity index (χ0n) is 14.9. The highest BCUT2D eigenvalue weighted by atomic mass is 35.5. The molecule has 1 unspecified atom stereocenters. The lowest BCUT2D eigenvalue weighted by molar-refractivity contribution is -0.141. The number of carbonyl (C=O) groups is 1. The fourth-order valence-electron chi connectivity index (χ4n) is 2.95. The molecule has 0 saturated heterocycles. The fourth-order valence-corrected chi connectivity index (χ4v) is 2.95. The SMILES string of the molecule is Cl.O=C(O)C1C=CCCN1CCON=C(c1ccccc1)c1ccccc1. The van der Waals surface area contributed by atoms with Gasteiger partial charge in [0.25, 0.3) is 0 Å². The molecule has 142 valence electrons. The van der Waals surface area contributed by atoms with Gasteiger partial charge in [-0.15, -0.1) is 12.4 Å². The first kappa shape index (κ1) is 20.7.